The molecule has 0 bridgehead atoms. The minimum Gasteiger partial charge on any atom is -0.493 e. The second-order valence-corrected chi connectivity index (χ2v) is 7.34. The zero-order chi connectivity index (χ0) is 14.4. The Bertz CT molecular complexity index is 673. The zero-order valence-corrected chi connectivity index (χ0v) is 14.0. The fraction of sp³-hybridized carbons (Fsp3) is 0.333. The van der Waals surface area contributed by atoms with Crippen LogP contribution in [0.2, 0.25) is 5.02 Å². The van der Waals surface area contributed by atoms with E-state index in [0.29, 0.717) is 5.92 Å². The van der Waals surface area contributed by atoms with Crippen LogP contribution in [0.4, 0.5) is 0 Å². The predicted molar refractivity (Wildman–Crippen MR) is 89.7 cm³/mol. The molecule has 0 N–H and O–H groups in total. The van der Waals surface area contributed by atoms with Crippen LogP contribution in [0.5, 0.6) is 5.75 Å². The minimum absolute atomic E-state index is 0.287. The summed E-state index contributed by atoms with van der Waals surface area (Å²) in [7, 11) is 0. The summed E-state index contributed by atoms with van der Waals surface area (Å²) in [6.07, 6.45) is 3.20. The molecule has 2 aromatic carbocycles. The van der Waals surface area contributed by atoms with Gasteiger partial charge in [-0.2, -0.15) is 0 Å². The average molecular weight is 364 g/mol. The lowest BCUT2D eigenvalue weighted by Gasteiger charge is -2.20. The van der Waals surface area contributed by atoms with E-state index < -0.39 is 0 Å². The number of benzene rings is 2. The lowest BCUT2D eigenvalue weighted by atomic mass is 9.94. The first-order valence-electron chi connectivity index (χ1n) is 7.38. The molecule has 21 heavy (non-hydrogen) atoms. The molecule has 0 saturated heterocycles. The van der Waals surface area contributed by atoms with E-state index >= 15 is 0 Å². The van der Waals surface area contributed by atoms with Crippen LogP contribution < -0.4 is 4.74 Å². The van der Waals surface area contributed by atoms with E-state index in [0.717, 1.165) is 36.6 Å². The first-order chi connectivity index (χ1) is 10.2. The van der Waals surface area contributed by atoms with Crippen molar-refractivity contribution in [2.75, 3.05) is 6.61 Å². The Morgan fingerprint density at radius 3 is 2.52 bits per heavy atom. The topological polar surface area (TPSA) is 9.23 Å². The van der Waals surface area contributed by atoms with Gasteiger partial charge in [0.15, 0.2) is 0 Å². The normalized spacial score (nSPS) is 18.2. The monoisotopic (exact) mass is 362 g/mol. The first kappa shape index (κ1) is 13.7. The molecule has 2 aliphatic rings. The van der Waals surface area contributed by atoms with Crippen LogP contribution in [0.3, 0.4) is 0 Å². The zero-order valence-electron chi connectivity index (χ0n) is 11.6. The third-order valence-corrected chi connectivity index (χ3v) is 6.03. The van der Waals surface area contributed by atoms with E-state index in [1.807, 2.05) is 6.07 Å². The van der Waals surface area contributed by atoms with Crippen LogP contribution in [0, 0.1) is 5.92 Å². The third kappa shape index (κ3) is 2.39. The van der Waals surface area contributed by atoms with Crippen molar-refractivity contribution in [1.29, 1.82) is 0 Å². The third-order valence-electron chi connectivity index (χ3n) is 4.57. The fourth-order valence-electron chi connectivity index (χ4n) is 3.56. The van der Waals surface area contributed by atoms with Crippen molar-refractivity contribution < 1.29 is 4.74 Å². The number of hydrogen-bond acceptors (Lipinski definition) is 1. The number of hydrogen-bond donors (Lipinski definition) is 0. The Morgan fingerprint density at radius 2 is 1.81 bits per heavy atom. The van der Waals surface area contributed by atoms with E-state index in [1.165, 1.54) is 22.3 Å². The maximum Gasteiger partial charge on any atom is 0.127 e. The van der Waals surface area contributed by atoms with Crippen molar-refractivity contribution in [1.82, 2.24) is 0 Å². The molecule has 1 aliphatic heterocycles. The Morgan fingerprint density at radius 1 is 1.10 bits per heavy atom. The first-order valence-corrected chi connectivity index (χ1v) is 8.67. The maximum absolute atomic E-state index is 6.29. The Hall–Kier alpha value is -0.990. The fourth-order valence-corrected chi connectivity index (χ4v) is 4.52. The molecule has 1 aliphatic carbocycles. The van der Waals surface area contributed by atoms with Crippen LogP contribution in [0.15, 0.2) is 36.4 Å². The number of ether oxygens (including phenoxy) is 1. The molecule has 1 heterocycles. The van der Waals surface area contributed by atoms with E-state index in [4.69, 9.17) is 16.3 Å². The molecule has 0 fully saturated rings. The van der Waals surface area contributed by atoms with Crippen molar-refractivity contribution >= 4 is 27.5 Å². The largest absolute Gasteiger partial charge is 0.493 e. The van der Waals surface area contributed by atoms with Crippen molar-refractivity contribution in [3.05, 3.63) is 63.7 Å². The predicted octanol–water partition coefficient (Wildman–Crippen LogP) is 5.13. The molecule has 0 saturated carbocycles. The number of fused-ring (bicyclic) bond motifs is 2. The van der Waals surface area contributed by atoms with Gasteiger partial charge in [-0.05, 0) is 47.6 Å². The molecule has 2 aromatic rings. The summed E-state index contributed by atoms with van der Waals surface area (Å²) in [6, 6.07) is 12.8. The van der Waals surface area contributed by atoms with Crippen molar-refractivity contribution in [2.45, 2.75) is 24.1 Å². The number of halogens is 2. The van der Waals surface area contributed by atoms with E-state index in [2.05, 4.69) is 46.3 Å². The molecule has 0 aromatic heterocycles. The highest BCUT2D eigenvalue weighted by Crippen LogP contribution is 2.46. The van der Waals surface area contributed by atoms with Gasteiger partial charge in [-0.25, -0.2) is 0 Å². The van der Waals surface area contributed by atoms with Gasteiger partial charge in [0.05, 0.1) is 6.61 Å². The Labute approximate surface area is 138 Å². The highest BCUT2D eigenvalue weighted by Gasteiger charge is 2.31. The van der Waals surface area contributed by atoms with Gasteiger partial charge in [0.25, 0.3) is 0 Å². The molecule has 1 unspecified atom stereocenters. The van der Waals surface area contributed by atoms with Crippen LogP contribution in [0.1, 0.15) is 27.1 Å². The minimum atomic E-state index is 0.287. The van der Waals surface area contributed by atoms with Gasteiger partial charge in [-0.15, -0.1) is 0 Å². The average Bonchev–Trinajstić information content (AvgIpc) is 3.11. The van der Waals surface area contributed by atoms with Crippen LogP contribution >= 0.6 is 27.5 Å². The molecule has 0 spiro atoms. The quantitative estimate of drug-likeness (QED) is 0.672. The summed E-state index contributed by atoms with van der Waals surface area (Å²) in [4.78, 5) is 0.287. The van der Waals surface area contributed by atoms with Gasteiger partial charge < -0.3 is 4.74 Å². The van der Waals surface area contributed by atoms with Gasteiger partial charge >= 0.3 is 0 Å². The van der Waals surface area contributed by atoms with E-state index in [1.54, 1.807) is 0 Å². The van der Waals surface area contributed by atoms with Gasteiger partial charge in [0, 0.05) is 21.8 Å². The van der Waals surface area contributed by atoms with Crippen molar-refractivity contribution in [3.63, 3.8) is 0 Å². The highest BCUT2D eigenvalue weighted by molar-refractivity contribution is 9.09. The van der Waals surface area contributed by atoms with Gasteiger partial charge in [0.1, 0.15) is 5.75 Å². The standard InChI is InChI=1S/C18H16BrClO/c19-17(14-7-11-3-1-2-4-12(11)8-14)16-10-15(20)9-13-5-6-21-18(13)16/h1-4,9-10,14,17H,5-8H2. The van der Waals surface area contributed by atoms with Gasteiger partial charge in [-0.3, -0.25) is 0 Å². The number of alkyl halides is 1. The van der Waals surface area contributed by atoms with Gasteiger partial charge in [0.2, 0.25) is 0 Å². The van der Waals surface area contributed by atoms with Crippen molar-refractivity contribution in [3.8, 4) is 5.75 Å². The molecular formula is C18H16BrClO. The molecule has 0 amide bonds. The summed E-state index contributed by atoms with van der Waals surface area (Å²) in [5, 5.41) is 0.814. The summed E-state index contributed by atoms with van der Waals surface area (Å²) < 4.78 is 5.85. The summed E-state index contributed by atoms with van der Waals surface area (Å²) in [6.45, 7) is 0.771. The number of rotatable bonds is 2. The summed E-state index contributed by atoms with van der Waals surface area (Å²) in [5.41, 5.74) is 5.42. The SMILES string of the molecule is Clc1cc2c(c(C(Br)C3Cc4ccccc4C3)c1)OCC2. The Balaban J connectivity index is 1.67. The van der Waals surface area contributed by atoms with Crippen LogP contribution in [-0.2, 0) is 19.3 Å². The molecule has 108 valence electrons. The molecule has 1 nitrogen and oxygen atoms in total. The molecule has 0 radical (unpaired) electrons. The van der Waals surface area contributed by atoms with Crippen LogP contribution in [0.25, 0.3) is 0 Å². The summed E-state index contributed by atoms with van der Waals surface area (Å²) in [5.74, 6) is 1.62. The smallest absolute Gasteiger partial charge is 0.127 e. The van der Waals surface area contributed by atoms with Crippen LogP contribution in [-0.4, -0.2) is 6.61 Å². The lowest BCUT2D eigenvalue weighted by Crippen LogP contribution is -2.09. The summed E-state index contributed by atoms with van der Waals surface area (Å²) >= 11 is 10.2. The molecular weight excluding hydrogens is 348 g/mol. The Kier molecular flexibility index (Phi) is 3.47. The second kappa shape index (κ2) is 5.33. The molecule has 1 atom stereocenters. The van der Waals surface area contributed by atoms with E-state index in [9.17, 15) is 0 Å². The van der Waals surface area contributed by atoms with E-state index in [-0.39, 0.29) is 4.83 Å². The lowest BCUT2D eigenvalue weighted by molar-refractivity contribution is 0.351. The maximum atomic E-state index is 6.29. The molecule has 4 rings (SSSR count). The highest BCUT2D eigenvalue weighted by atomic mass is 79.9. The molecule has 3 heteroatoms. The van der Waals surface area contributed by atoms with Crippen molar-refractivity contribution in [2.24, 2.45) is 5.92 Å². The van der Waals surface area contributed by atoms with Gasteiger partial charge in [-0.1, -0.05) is 51.8 Å². The second-order valence-electron chi connectivity index (χ2n) is 5.92.